The number of nitrogens with zero attached hydrogens (tertiary/aromatic N) is 2. The van der Waals surface area contributed by atoms with Crippen molar-refractivity contribution >= 4 is 0 Å². The van der Waals surface area contributed by atoms with Crippen LogP contribution in [0.2, 0.25) is 0 Å². The van der Waals surface area contributed by atoms with Crippen molar-refractivity contribution in [3.05, 3.63) is 18.2 Å². The van der Waals surface area contributed by atoms with E-state index < -0.39 is 0 Å². The second kappa shape index (κ2) is 3.34. The molecule has 1 aliphatic heterocycles. The number of hydrogen-bond donors (Lipinski definition) is 1. The van der Waals surface area contributed by atoms with E-state index >= 15 is 0 Å². The van der Waals surface area contributed by atoms with Gasteiger partial charge in [-0.15, -0.1) is 0 Å². The molecule has 1 atom stereocenters. The second-order valence-corrected chi connectivity index (χ2v) is 5.19. The van der Waals surface area contributed by atoms with Crippen molar-refractivity contribution in [2.75, 3.05) is 6.54 Å². The summed E-state index contributed by atoms with van der Waals surface area (Å²) in [4.78, 5) is 4.34. The summed E-state index contributed by atoms with van der Waals surface area (Å²) in [5, 5.41) is 3.56. The van der Waals surface area contributed by atoms with Gasteiger partial charge in [-0.3, -0.25) is 0 Å². The van der Waals surface area contributed by atoms with Gasteiger partial charge in [0.2, 0.25) is 0 Å². The van der Waals surface area contributed by atoms with E-state index in [0.29, 0.717) is 11.6 Å². The van der Waals surface area contributed by atoms with Crippen LogP contribution in [0.1, 0.15) is 50.8 Å². The molecule has 2 heterocycles. The Morgan fingerprint density at radius 2 is 2.33 bits per heavy atom. The van der Waals surface area contributed by atoms with Gasteiger partial charge in [0, 0.05) is 17.8 Å². The predicted molar refractivity (Wildman–Crippen MR) is 59.7 cm³/mol. The molecule has 1 aromatic heterocycles. The Balaban J connectivity index is 1.91. The van der Waals surface area contributed by atoms with Gasteiger partial charge in [-0.05, 0) is 45.6 Å². The van der Waals surface area contributed by atoms with E-state index in [9.17, 15) is 0 Å². The van der Waals surface area contributed by atoms with Gasteiger partial charge in [0.15, 0.2) is 0 Å². The maximum absolute atomic E-state index is 4.34. The molecule has 0 amide bonds. The monoisotopic (exact) mass is 205 g/mol. The van der Waals surface area contributed by atoms with E-state index in [2.05, 4.69) is 21.8 Å². The number of nitrogens with one attached hydrogen (secondary N) is 1. The molecular formula is C12H19N3. The standard InChI is InChI=1S/C12H19N3/c1-12(5-3-6-12)15-9-13-8-11(15)10-4-2-7-14-10/h8-10,14H,2-7H2,1H3. The highest BCUT2D eigenvalue weighted by atomic mass is 15.2. The third-order valence-corrected chi connectivity index (χ3v) is 4.10. The summed E-state index contributed by atoms with van der Waals surface area (Å²) in [6.07, 6.45) is 10.6. The number of imidazole rings is 1. The van der Waals surface area contributed by atoms with Gasteiger partial charge in [0.05, 0.1) is 12.0 Å². The van der Waals surface area contributed by atoms with Gasteiger partial charge in [0.25, 0.3) is 0 Å². The second-order valence-electron chi connectivity index (χ2n) is 5.19. The predicted octanol–water partition coefficient (Wildman–Crippen LogP) is 2.21. The molecule has 2 fully saturated rings. The molecule has 0 spiro atoms. The summed E-state index contributed by atoms with van der Waals surface area (Å²) in [7, 11) is 0. The first-order valence-corrected chi connectivity index (χ1v) is 6.06. The van der Waals surface area contributed by atoms with Crippen molar-refractivity contribution in [3.8, 4) is 0 Å². The summed E-state index contributed by atoms with van der Waals surface area (Å²) in [6.45, 7) is 3.52. The number of hydrogen-bond acceptors (Lipinski definition) is 2. The van der Waals surface area contributed by atoms with Crippen molar-refractivity contribution in [3.63, 3.8) is 0 Å². The first kappa shape index (κ1) is 9.40. The fraction of sp³-hybridized carbons (Fsp3) is 0.750. The summed E-state index contributed by atoms with van der Waals surface area (Å²) < 4.78 is 2.42. The number of rotatable bonds is 2. The van der Waals surface area contributed by atoms with Gasteiger partial charge < -0.3 is 9.88 Å². The normalized spacial score (nSPS) is 29.0. The Hall–Kier alpha value is -0.830. The smallest absolute Gasteiger partial charge is 0.0953 e. The lowest BCUT2D eigenvalue weighted by Gasteiger charge is -2.41. The van der Waals surface area contributed by atoms with Crippen LogP contribution in [-0.2, 0) is 5.54 Å². The Morgan fingerprint density at radius 1 is 1.47 bits per heavy atom. The van der Waals surface area contributed by atoms with Crippen molar-refractivity contribution in [1.82, 2.24) is 14.9 Å². The zero-order valence-electron chi connectivity index (χ0n) is 9.37. The molecule has 0 radical (unpaired) electrons. The van der Waals surface area contributed by atoms with Crippen molar-refractivity contribution in [1.29, 1.82) is 0 Å². The van der Waals surface area contributed by atoms with E-state index in [1.165, 1.54) is 37.8 Å². The highest BCUT2D eigenvalue weighted by Gasteiger charge is 2.36. The molecule has 1 saturated heterocycles. The molecule has 1 saturated carbocycles. The van der Waals surface area contributed by atoms with Gasteiger partial charge in [0.1, 0.15) is 0 Å². The van der Waals surface area contributed by atoms with E-state index in [-0.39, 0.29) is 0 Å². The first-order valence-electron chi connectivity index (χ1n) is 6.06. The number of aromatic nitrogens is 2. The lowest BCUT2D eigenvalue weighted by molar-refractivity contribution is 0.161. The molecule has 2 aliphatic rings. The molecule has 82 valence electrons. The van der Waals surface area contributed by atoms with Gasteiger partial charge in [-0.2, -0.15) is 0 Å². The van der Waals surface area contributed by atoms with Crippen LogP contribution in [-0.4, -0.2) is 16.1 Å². The molecule has 3 rings (SSSR count). The molecule has 1 unspecified atom stereocenters. The van der Waals surface area contributed by atoms with Gasteiger partial charge >= 0.3 is 0 Å². The largest absolute Gasteiger partial charge is 0.327 e. The molecule has 15 heavy (non-hydrogen) atoms. The fourth-order valence-electron chi connectivity index (χ4n) is 2.88. The van der Waals surface area contributed by atoms with Crippen LogP contribution in [0.3, 0.4) is 0 Å². The van der Waals surface area contributed by atoms with Crippen LogP contribution in [0.15, 0.2) is 12.5 Å². The SMILES string of the molecule is CC1(n2cncc2C2CCCN2)CCC1. The van der Waals surface area contributed by atoms with E-state index in [1.807, 2.05) is 12.5 Å². The minimum Gasteiger partial charge on any atom is -0.327 e. The average Bonchev–Trinajstić information content (AvgIpc) is 2.83. The average molecular weight is 205 g/mol. The van der Waals surface area contributed by atoms with E-state index in [0.717, 1.165) is 6.54 Å². The zero-order chi connectivity index (χ0) is 10.3. The van der Waals surface area contributed by atoms with E-state index in [4.69, 9.17) is 0 Å². The van der Waals surface area contributed by atoms with Gasteiger partial charge in [-0.25, -0.2) is 4.98 Å². The summed E-state index contributed by atoms with van der Waals surface area (Å²) in [5.74, 6) is 0. The lowest BCUT2D eigenvalue weighted by atomic mass is 9.78. The van der Waals surface area contributed by atoms with Gasteiger partial charge in [-0.1, -0.05) is 0 Å². The maximum atomic E-state index is 4.34. The highest BCUT2D eigenvalue weighted by molar-refractivity contribution is 5.12. The maximum Gasteiger partial charge on any atom is 0.0953 e. The Bertz CT molecular complexity index is 346. The Morgan fingerprint density at radius 3 is 2.93 bits per heavy atom. The highest BCUT2D eigenvalue weighted by Crippen LogP contribution is 2.40. The summed E-state index contributed by atoms with van der Waals surface area (Å²) >= 11 is 0. The Kier molecular flexibility index (Phi) is 2.09. The van der Waals surface area contributed by atoms with Crippen molar-refractivity contribution < 1.29 is 0 Å². The van der Waals surface area contributed by atoms with Crippen LogP contribution >= 0.6 is 0 Å². The first-order chi connectivity index (χ1) is 7.30. The molecule has 0 aromatic carbocycles. The van der Waals surface area contributed by atoms with Crippen LogP contribution in [0.4, 0.5) is 0 Å². The molecule has 1 aromatic rings. The fourth-order valence-corrected chi connectivity index (χ4v) is 2.88. The van der Waals surface area contributed by atoms with Crippen LogP contribution in [0.5, 0.6) is 0 Å². The summed E-state index contributed by atoms with van der Waals surface area (Å²) in [6, 6.07) is 0.546. The quantitative estimate of drug-likeness (QED) is 0.802. The summed E-state index contributed by atoms with van der Waals surface area (Å²) in [5.41, 5.74) is 1.76. The minimum atomic E-state index is 0.357. The molecular weight excluding hydrogens is 186 g/mol. The lowest BCUT2D eigenvalue weighted by Crippen LogP contribution is -2.38. The zero-order valence-corrected chi connectivity index (χ0v) is 9.37. The van der Waals surface area contributed by atoms with Crippen LogP contribution in [0, 0.1) is 0 Å². The molecule has 3 nitrogen and oxygen atoms in total. The van der Waals surface area contributed by atoms with Crippen molar-refractivity contribution in [2.45, 2.75) is 50.6 Å². The molecule has 3 heteroatoms. The third-order valence-electron chi connectivity index (χ3n) is 4.10. The minimum absolute atomic E-state index is 0.357. The Labute approximate surface area is 90.9 Å². The van der Waals surface area contributed by atoms with Crippen LogP contribution < -0.4 is 5.32 Å². The molecule has 1 aliphatic carbocycles. The topological polar surface area (TPSA) is 29.9 Å². The van der Waals surface area contributed by atoms with E-state index in [1.54, 1.807) is 0 Å². The van der Waals surface area contributed by atoms with Crippen LogP contribution in [0.25, 0.3) is 0 Å². The van der Waals surface area contributed by atoms with Crippen molar-refractivity contribution in [2.24, 2.45) is 0 Å². The third kappa shape index (κ3) is 1.41. The molecule has 0 bridgehead atoms. The molecule has 1 N–H and O–H groups in total.